The van der Waals surface area contributed by atoms with Crippen LogP contribution in [-0.4, -0.2) is 17.4 Å². The first-order valence-corrected chi connectivity index (χ1v) is 3.58. The Morgan fingerprint density at radius 1 is 1.62 bits per heavy atom. The zero-order valence-electron chi connectivity index (χ0n) is 6.70. The summed E-state index contributed by atoms with van der Waals surface area (Å²) in [6.07, 6.45) is 0. The fraction of sp³-hybridized carbons (Fsp3) is 0.125. The molecule has 66 valence electrons. The van der Waals surface area contributed by atoms with Gasteiger partial charge in [-0.2, -0.15) is 5.26 Å². The van der Waals surface area contributed by atoms with Crippen molar-refractivity contribution in [2.45, 2.75) is 0 Å². The van der Waals surface area contributed by atoms with Gasteiger partial charge in [0, 0.05) is 6.07 Å². The van der Waals surface area contributed by atoms with Crippen molar-refractivity contribution in [2.75, 3.05) is 6.54 Å². The number of amides is 1. The van der Waals surface area contributed by atoms with Gasteiger partial charge in [-0.1, -0.05) is 6.07 Å². The van der Waals surface area contributed by atoms with Gasteiger partial charge in [-0.25, -0.2) is 0 Å². The Hall–Kier alpha value is -2.09. The number of aromatic nitrogens is 1. The van der Waals surface area contributed by atoms with E-state index in [0.717, 1.165) is 0 Å². The molecule has 0 saturated carbocycles. The predicted octanol–water partition coefficient (Wildman–Crippen LogP) is -0.372. The molecule has 0 bridgehead atoms. The number of H-pyrrole nitrogens is 1. The SMILES string of the molecule is N#CCNC(=O)c1cccc(=O)[nH]1. The first-order valence-electron chi connectivity index (χ1n) is 3.58. The van der Waals surface area contributed by atoms with Crippen molar-refractivity contribution in [2.24, 2.45) is 0 Å². The third kappa shape index (κ3) is 2.45. The van der Waals surface area contributed by atoms with Crippen LogP contribution in [0.3, 0.4) is 0 Å². The van der Waals surface area contributed by atoms with E-state index in [9.17, 15) is 9.59 Å². The average Bonchev–Trinajstić information content (AvgIpc) is 2.14. The van der Waals surface area contributed by atoms with Crippen LogP contribution in [0.4, 0.5) is 0 Å². The van der Waals surface area contributed by atoms with Crippen LogP contribution in [0.1, 0.15) is 10.5 Å². The Morgan fingerprint density at radius 3 is 3.00 bits per heavy atom. The zero-order chi connectivity index (χ0) is 9.68. The normalized spacial score (nSPS) is 8.85. The molecule has 5 nitrogen and oxygen atoms in total. The molecule has 0 radical (unpaired) electrons. The van der Waals surface area contributed by atoms with Crippen LogP contribution < -0.4 is 10.9 Å². The van der Waals surface area contributed by atoms with Crippen LogP contribution in [0.5, 0.6) is 0 Å². The molecule has 5 heteroatoms. The van der Waals surface area contributed by atoms with Gasteiger partial charge in [0.15, 0.2) is 0 Å². The number of pyridine rings is 1. The van der Waals surface area contributed by atoms with E-state index in [1.165, 1.54) is 18.2 Å². The van der Waals surface area contributed by atoms with E-state index in [1.807, 2.05) is 0 Å². The van der Waals surface area contributed by atoms with Crippen molar-refractivity contribution in [3.63, 3.8) is 0 Å². The highest BCUT2D eigenvalue weighted by atomic mass is 16.2. The summed E-state index contributed by atoms with van der Waals surface area (Å²) in [7, 11) is 0. The van der Waals surface area contributed by atoms with E-state index in [2.05, 4.69) is 10.3 Å². The second-order valence-electron chi connectivity index (χ2n) is 2.27. The number of rotatable bonds is 2. The Kier molecular flexibility index (Phi) is 2.82. The molecule has 1 amide bonds. The first kappa shape index (κ1) is 9.00. The van der Waals surface area contributed by atoms with Crippen molar-refractivity contribution in [3.8, 4) is 6.07 Å². The molecule has 0 aliphatic carbocycles. The maximum atomic E-state index is 11.1. The minimum Gasteiger partial charge on any atom is -0.338 e. The Morgan fingerprint density at radius 2 is 2.38 bits per heavy atom. The molecular formula is C8H7N3O2. The van der Waals surface area contributed by atoms with Gasteiger partial charge in [-0.15, -0.1) is 0 Å². The van der Waals surface area contributed by atoms with Gasteiger partial charge in [0.05, 0.1) is 6.07 Å². The fourth-order valence-electron chi connectivity index (χ4n) is 0.795. The highest BCUT2D eigenvalue weighted by Gasteiger charge is 2.03. The lowest BCUT2D eigenvalue weighted by molar-refractivity contribution is 0.0953. The summed E-state index contributed by atoms with van der Waals surface area (Å²) >= 11 is 0. The second-order valence-corrected chi connectivity index (χ2v) is 2.27. The summed E-state index contributed by atoms with van der Waals surface area (Å²) in [6, 6.07) is 6.00. The van der Waals surface area contributed by atoms with Crippen LogP contribution in [0, 0.1) is 11.3 Å². The molecule has 1 heterocycles. The molecule has 1 aromatic rings. The summed E-state index contributed by atoms with van der Waals surface area (Å²) in [5.74, 6) is -0.459. The molecule has 13 heavy (non-hydrogen) atoms. The van der Waals surface area contributed by atoms with Crippen molar-refractivity contribution >= 4 is 5.91 Å². The molecule has 1 aromatic heterocycles. The Balaban J connectivity index is 2.78. The van der Waals surface area contributed by atoms with Crippen LogP contribution in [0.25, 0.3) is 0 Å². The summed E-state index contributed by atoms with van der Waals surface area (Å²) in [6.45, 7) is -0.0737. The van der Waals surface area contributed by atoms with E-state index in [1.54, 1.807) is 6.07 Å². The summed E-state index contributed by atoms with van der Waals surface area (Å²) in [4.78, 5) is 24.2. The van der Waals surface area contributed by atoms with Gasteiger partial charge < -0.3 is 10.3 Å². The van der Waals surface area contributed by atoms with Gasteiger partial charge in [0.25, 0.3) is 5.91 Å². The molecular weight excluding hydrogens is 170 g/mol. The lowest BCUT2D eigenvalue weighted by Crippen LogP contribution is -2.26. The smallest absolute Gasteiger partial charge is 0.268 e. The molecule has 0 unspecified atom stereocenters. The molecule has 0 aliphatic rings. The van der Waals surface area contributed by atoms with E-state index in [4.69, 9.17) is 5.26 Å². The molecule has 1 rings (SSSR count). The highest BCUT2D eigenvalue weighted by Crippen LogP contribution is 1.88. The average molecular weight is 177 g/mol. The van der Waals surface area contributed by atoms with Gasteiger partial charge >= 0.3 is 0 Å². The number of hydrogen-bond acceptors (Lipinski definition) is 3. The van der Waals surface area contributed by atoms with E-state index < -0.39 is 5.91 Å². The zero-order valence-corrected chi connectivity index (χ0v) is 6.70. The largest absolute Gasteiger partial charge is 0.338 e. The van der Waals surface area contributed by atoms with Crippen LogP contribution in [-0.2, 0) is 0 Å². The summed E-state index contributed by atoms with van der Waals surface area (Å²) < 4.78 is 0. The molecule has 0 atom stereocenters. The fourth-order valence-corrected chi connectivity index (χ4v) is 0.795. The van der Waals surface area contributed by atoms with Crippen LogP contribution >= 0.6 is 0 Å². The Labute approximate surface area is 74.0 Å². The number of carbonyl (C=O) groups excluding carboxylic acids is 1. The quantitative estimate of drug-likeness (QED) is 0.604. The minimum absolute atomic E-state index is 0.0737. The lowest BCUT2D eigenvalue weighted by atomic mass is 10.3. The van der Waals surface area contributed by atoms with Gasteiger partial charge in [0.1, 0.15) is 12.2 Å². The summed E-state index contributed by atoms with van der Waals surface area (Å²) in [5, 5.41) is 10.5. The van der Waals surface area contributed by atoms with Crippen molar-refractivity contribution in [1.82, 2.24) is 10.3 Å². The van der Waals surface area contributed by atoms with E-state index in [0.29, 0.717) is 0 Å². The van der Waals surface area contributed by atoms with Gasteiger partial charge in [-0.05, 0) is 6.07 Å². The topological polar surface area (TPSA) is 85.8 Å². The standard InChI is InChI=1S/C8H7N3O2/c9-4-5-10-8(13)6-2-1-3-7(12)11-6/h1-3H,5H2,(H,10,13)(H,11,12). The minimum atomic E-state index is -0.459. The number of nitrogens with one attached hydrogen (secondary N) is 2. The number of nitrogens with zero attached hydrogens (tertiary/aromatic N) is 1. The maximum absolute atomic E-state index is 11.1. The number of carbonyl (C=O) groups is 1. The number of hydrogen-bond donors (Lipinski definition) is 2. The van der Waals surface area contributed by atoms with Crippen molar-refractivity contribution < 1.29 is 4.79 Å². The van der Waals surface area contributed by atoms with Crippen LogP contribution in [0.2, 0.25) is 0 Å². The van der Waals surface area contributed by atoms with E-state index in [-0.39, 0.29) is 17.8 Å². The first-order chi connectivity index (χ1) is 6.24. The molecule has 0 spiro atoms. The third-order valence-corrected chi connectivity index (χ3v) is 1.34. The monoisotopic (exact) mass is 177 g/mol. The highest BCUT2D eigenvalue weighted by molar-refractivity contribution is 5.92. The third-order valence-electron chi connectivity index (χ3n) is 1.34. The second kappa shape index (κ2) is 4.07. The molecule has 2 N–H and O–H groups in total. The number of nitriles is 1. The van der Waals surface area contributed by atoms with Crippen molar-refractivity contribution in [1.29, 1.82) is 5.26 Å². The summed E-state index contributed by atoms with van der Waals surface area (Å²) in [5.41, 5.74) is -0.188. The lowest BCUT2D eigenvalue weighted by Gasteiger charge is -1.98. The predicted molar refractivity (Wildman–Crippen MR) is 45.0 cm³/mol. The van der Waals surface area contributed by atoms with Crippen LogP contribution in [0.15, 0.2) is 23.0 Å². The van der Waals surface area contributed by atoms with Gasteiger partial charge in [-0.3, -0.25) is 9.59 Å². The molecule has 0 fully saturated rings. The number of aromatic amines is 1. The Bertz CT molecular complexity index is 402. The molecule has 0 saturated heterocycles. The van der Waals surface area contributed by atoms with E-state index >= 15 is 0 Å². The van der Waals surface area contributed by atoms with Crippen molar-refractivity contribution in [3.05, 3.63) is 34.2 Å². The maximum Gasteiger partial charge on any atom is 0.268 e. The molecule has 0 aromatic carbocycles. The van der Waals surface area contributed by atoms with Gasteiger partial charge in [0.2, 0.25) is 5.56 Å². The molecule has 0 aliphatic heterocycles.